The molecule has 6 nitrogen and oxygen atoms in total. The number of nitrogens with zero attached hydrogens (tertiary/aromatic N) is 1. The molecule has 1 heterocycles. The number of carbonyl (C=O) groups is 2. The lowest BCUT2D eigenvalue weighted by Gasteiger charge is -2.21. The van der Waals surface area contributed by atoms with Gasteiger partial charge in [-0.3, -0.25) is 9.59 Å². The fourth-order valence-electron chi connectivity index (χ4n) is 4.05. The summed E-state index contributed by atoms with van der Waals surface area (Å²) in [5.74, 6) is -0.247. The molecule has 3 rings (SSSR count). The number of carbonyl (C=O) groups excluding carboxylic acids is 2. The zero-order chi connectivity index (χ0) is 22.4. The van der Waals surface area contributed by atoms with E-state index in [2.05, 4.69) is 12.2 Å². The molecule has 0 bridgehead atoms. The van der Waals surface area contributed by atoms with Crippen LogP contribution in [0.5, 0.6) is 11.5 Å². The molecular formula is C24H29FN2O4. The van der Waals surface area contributed by atoms with E-state index in [9.17, 15) is 14.0 Å². The zero-order valence-electron chi connectivity index (χ0n) is 18.2. The fraction of sp³-hybridized carbons (Fsp3) is 0.417. The highest BCUT2D eigenvalue weighted by Gasteiger charge is 2.42. The highest BCUT2D eigenvalue weighted by atomic mass is 19.1. The van der Waals surface area contributed by atoms with Crippen LogP contribution in [0.1, 0.15) is 41.6 Å². The molecule has 2 aromatic carbocycles. The second-order valence-corrected chi connectivity index (χ2v) is 7.66. The summed E-state index contributed by atoms with van der Waals surface area (Å²) in [6.07, 6.45) is 1.87. The van der Waals surface area contributed by atoms with Crippen LogP contribution in [0, 0.1) is 11.7 Å². The van der Waals surface area contributed by atoms with Gasteiger partial charge in [0.15, 0.2) is 11.5 Å². The van der Waals surface area contributed by atoms with Gasteiger partial charge in [0.05, 0.1) is 20.1 Å². The van der Waals surface area contributed by atoms with Gasteiger partial charge >= 0.3 is 0 Å². The molecule has 2 atom stereocenters. The summed E-state index contributed by atoms with van der Waals surface area (Å²) in [5.41, 5.74) is 1.22. The molecule has 2 amide bonds. The Morgan fingerprint density at radius 2 is 1.84 bits per heavy atom. The van der Waals surface area contributed by atoms with E-state index in [0.29, 0.717) is 30.2 Å². The Kier molecular flexibility index (Phi) is 7.50. The number of unbranched alkanes of at least 4 members (excludes halogenated alkanes) is 1. The Bertz CT molecular complexity index is 916. The van der Waals surface area contributed by atoms with Crippen molar-refractivity contribution in [3.05, 3.63) is 59.4 Å². The number of ether oxygens (including phenoxy) is 2. The van der Waals surface area contributed by atoms with Gasteiger partial charge in [-0.05, 0) is 36.8 Å². The molecule has 0 spiro atoms. The van der Waals surface area contributed by atoms with Crippen molar-refractivity contribution >= 4 is 11.8 Å². The number of likely N-dealkylation sites (tertiary alicyclic amines) is 1. The predicted octanol–water partition coefficient (Wildman–Crippen LogP) is 3.62. The third kappa shape index (κ3) is 4.98. The van der Waals surface area contributed by atoms with Crippen molar-refractivity contribution in [3.63, 3.8) is 0 Å². The summed E-state index contributed by atoms with van der Waals surface area (Å²) in [6, 6.07) is 11.0. The number of para-hydroxylation sites is 1. The second-order valence-electron chi connectivity index (χ2n) is 7.66. The third-order valence-corrected chi connectivity index (χ3v) is 5.70. The maximum Gasteiger partial charge on any atom is 0.253 e. The van der Waals surface area contributed by atoms with Crippen LogP contribution in [0.25, 0.3) is 0 Å². The van der Waals surface area contributed by atoms with E-state index in [0.717, 1.165) is 18.4 Å². The van der Waals surface area contributed by atoms with Crippen molar-refractivity contribution in [1.82, 2.24) is 10.2 Å². The average Bonchev–Trinajstić information content (AvgIpc) is 3.24. The number of rotatable bonds is 8. The minimum atomic E-state index is -0.428. The molecule has 0 saturated carbocycles. The lowest BCUT2D eigenvalue weighted by Crippen LogP contribution is -2.36. The smallest absolute Gasteiger partial charge is 0.253 e. The summed E-state index contributed by atoms with van der Waals surface area (Å²) < 4.78 is 24.3. The van der Waals surface area contributed by atoms with Gasteiger partial charge in [0.1, 0.15) is 5.82 Å². The standard InChI is InChI=1S/C24H29FN2O4/c1-4-5-13-26-23(28)20-15-27(24(29)16-9-11-17(25)12-10-16)14-19(20)18-7-6-8-21(30-2)22(18)31-3/h6-12,19-20H,4-5,13-15H2,1-3H3,(H,26,28)/t19-,20+/m1/s1. The molecule has 1 N–H and O–H groups in total. The van der Waals surface area contributed by atoms with Crippen LogP contribution in [-0.4, -0.2) is 50.6 Å². The van der Waals surface area contributed by atoms with Crippen molar-refractivity contribution in [3.8, 4) is 11.5 Å². The van der Waals surface area contributed by atoms with Crippen LogP contribution >= 0.6 is 0 Å². The number of benzene rings is 2. The lowest BCUT2D eigenvalue weighted by atomic mass is 9.87. The molecule has 0 radical (unpaired) electrons. The van der Waals surface area contributed by atoms with Crippen LogP contribution < -0.4 is 14.8 Å². The van der Waals surface area contributed by atoms with Crippen molar-refractivity contribution in [1.29, 1.82) is 0 Å². The first-order valence-electron chi connectivity index (χ1n) is 10.5. The van der Waals surface area contributed by atoms with Crippen molar-refractivity contribution < 1.29 is 23.5 Å². The van der Waals surface area contributed by atoms with Gasteiger partial charge in [0.2, 0.25) is 5.91 Å². The summed E-state index contributed by atoms with van der Waals surface area (Å²) in [7, 11) is 3.13. The summed E-state index contributed by atoms with van der Waals surface area (Å²) in [4.78, 5) is 27.7. The SMILES string of the molecule is CCCCNC(=O)[C@H]1CN(C(=O)c2ccc(F)cc2)C[C@@H]1c1cccc(OC)c1OC. The molecule has 7 heteroatoms. The predicted molar refractivity (Wildman–Crippen MR) is 116 cm³/mol. The van der Waals surface area contributed by atoms with Crippen LogP contribution in [-0.2, 0) is 4.79 Å². The van der Waals surface area contributed by atoms with E-state index < -0.39 is 11.7 Å². The molecule has 1 aliphatic rings. The molecule has 1 fully saturated rings. The summed E-state index contributed by atoms with van der Waals surface area (Å²) in [5, 5.41) is 3.00. The van der Waals surface area contributed by atoms with Gasteiger partial charge in [-0.15, -0.1) is 0 Å². The number of methoxy groups -OCH3 is 2. The molecule has 31 heavy (non-hydrogen) atoms. The maximum absolute atomic E-state index is 13.3. The minimum absolute atomic E-state index is 0.0854. The van der Waals surface area contributed by atoms with Gasteiger partial charge in [-0.2, -0.15) is 0 Å². The van der Waals surface area contributed by atoms with E-state index in [-0.39, 0.29) is 24.3 Å². The van der Waals surface area contributed by atoms with Crippen molar-refractivity contribution in [2.24, 2.45) is 5.92 Å². The number of halogens is 1. The van der Waals surface area contributed by atoms with E-state index in [1.54, 1.807) is 25.2 Å². The molecule has 2 aromatic rings. The Morgan fingerprint density at radius 1 is 1.10 bits per heavy atom. The second kappa shape index (κ2) is 10.3. The molecule has 1 aliphatic heterocycles. The maximum atomic E-state index is 13.3. The summed E-state index contributed by atoms with van der Waals surface area (Å²) in [6.45, 7) is 3.29. The highest BCUT2D eigenvalue weighted by Crippen LogP contribution is 2.42. The van der Waals surface area contributed by atoms with Gasteiger partial charge < -0.3 is 19.7 Å². The molecule has 0 aromatic heterocycles. The van der Waals surface area contributed by atoms with Gasteiger partial charge in [-0.1, -0.05) is 25.5 Å². The monoisotopic (exact) mass is 428 g/mol. The van der Waals surface area contributed by atoms with Crippen LogP contribution in [0.4, 0.5) is 4.39 Å². The number of hydrogen-bond acceptors (Lipinski definition) is 4. The van der Waals surface area contributed by atoms with E-state index in [4.69, 9.17) is 9.47 Å². The molecule has 166 valence electrons. The fourth-order valence-corrected chi connectivity index (χ4v) is 4.05. The van der Waals surface area contributed by atoms with Gasteiger partial charge in [-0.25, -0.2) is 4.39 Å². The Hall–Kier alpha value is -3.09. The number of amides is 2. The van der Waals surface area contributed by atoms with Gasteiger partial charge in [0, 0.05) is 36.7 Å². The van der Waals surface area contributed by atoms with E-state index in [1.807, 2.05) is 12.1 Å². The quantitative estimate of drug-likeness (QED) is 0.652. The topological polar surface area (TPSA) is 67.9 Å². The molecule has 1 saturated heterocycles. The average molecular weight is 429 g/mol. The zero-order valence-corrected chi connectivity index (χ0v) is 18.2. The van der Waals surface area contributed by atoms with Crippen LogP contribution in [0.3, 0.4) is 0 Å². The Morgan fingerprint density at radius 3 is 2.48 bits per heavy atom. The van der Waals surface area contributed by atoms with Crippen LogP contribution in [0.2, 0.25) is 0 Å². The van der Waals surface area contributed by atoms with E-state index >= 15 is 0 Å². The Labute approximate surface area is 182 Å². The molecule has 0 unspecified atom stereocenters. The first-order chi connectivity index (χ1) is 15.0. The largest absolute Gasteiger partial charge is 0.493 e. The Balaban J connectivity index is 1.91. The lowest BCUT2D eigenvalue weighted by molar-refractivity contribution is -0.124. The summed E-state index contributed by atoms with van der Waals surface area (Å²) >= 11 is 0. The van der Waals surface area contributed by atoms with Crippen molar-refractivity contribution in [2.75, 3.05) is 33.9 Å². The molecule has 0 aliphatic carbocycles. The third-order valence-electron chi connectivity index (χ3n) is 5.70. The number of hydrogen-bond donors (Lipinski definition) is 1. The van der Waals surface area contributed by atoms with E-state index in [1.165, 1.54) is 24.3 Å². The van der Waals surface area contributed by atoms with Crippen LogP contribution in [0.15, 0.2) is 42.5 Å². The van der Waals surface area contributed by atoms with Crippen molar-refractivity contribution in [2.45, 2.75) is 25.7 Å². The molecular weight excluding hydrogens is 399 g/mol. The van der Waals surface area contributed by atoms with Gasteiger partial charge in [0.25, 0.3) is 5.91 Å². The number of nitrogens with one attached hydrogen (secondary N) is 1. The first kappa shape index (κ1) is 22.6. The minimum Gasteiger partial charge on any atom is -0.493 e. The first-order valence-corrected chi connectivity index (χ1v) is 10.5. The highest BCUT2D eigenvalue weighted by molar-refractivity contribution is 5.95. The normalized spacial score (nSPS) is 18.0.